The van der Waals surface area contributed by atoms with Crippen molar-refractivity contribution in [2.75, 3.05) is 0 Å². The first kappa shape index (κ1) is 11.3. The van der Waals surface area contributed by atoms with E-state index in [0.29, 0.717) is 10.8 Å². The van der Waals surface area contributed by atoms with Crippen LogP contribution in [-0.4, -0.2) is 0 Å². The molecular formula is C18H26. The average molecular weight is 242 g/mol. The van der Waals surface area contributed by atoms with Gasteiger partial charge in [0.15, 0.2) is 0 Å². The highest BCUT2D eigenvalue weighted by Crippen LogP contribution is 2.95. The molecule has 0 aromatic heterocycles. The lowest BCUT2D eigenvalue weighted by Crippen LogP contribution is -2.41. The highest BCUT2D eigenvalue weighted by atomic mass is 14.9. The van der Waals surface area contributed by atoms with Crippen LogP contribution >= 0.6 is 0 Å². The second-order valence-electron chi connectivity index (χ2n) is 7.91. The van der Waals surface area contributed by atoms with Crippen LogP contribution in [0.1, 0.15) is 59.3 Å². The van der Waals surface area contributed by atoms with Gasteiger partial charge in [-0.15, -0.1) is 0 Å². The van der Waals surface area contributed by atoms with E-state index in [0.717, 1.165) is 17.3 Å². The molecule has 0 aromatic carbocycles. The van der Waals surface area contributed by atoms with Crippen molar-refractivity contribution in [3.63, 3.8) is 0 Å². The normalized spacial score (nSPS) is 56.5. The molecule has 4 atom stereocenters. The third-order valence-corrected chi connectivity index (χ3v) is 7.56. The van der Waals surface area contributed by atoms with E-state index in [9.17, 15) is 0 Å². The van der Waals surface area contributed by atoms with Crippen molar-refractivity contribution in [1.29, 1.82) is 0 Å². The first-order valence-corrected chi connectivity index (χ1v) is 7.87. The molecule has 4 aliphatic rings. The van der Waals surface area contributed by atoms with Gasteiger partial charge in [-0.25, -0.2) is 0 Å². The molecule has 0 radical (unpaired) electrons. The predicted molar refractivity (Wildman–Crippen MR) is 76.2 cm³/mol. The summed E-state index contributed by atoms with van der Waals surface area (Å²) in [6.45, 7) is 7.46. The van der Waals surface area contributed by atoms with E-state index in [1.54, 1.807) is 5.57 Å². The minimum Gasteiger partial charge on any atom is -0.0876 e. The lowest BCUT2D eigenvalue weighted by atomic mass is 9.57. The number of hydrogen-bond donors (Lipinski definition) is 0. The molecule has 1 spiro atoms. The van der Waals surface area contributed by atoms with Gasteiger partial charge in [-0.05, 0) is 73.5 Å². The van der Waals surface area contributed by atoms with Crippen molar-refractivity contribution in [1.82, 2.24) is 0 Å². The smallest absolute Gasteiger partial charge is 0.0116 e. The first-order valence-electron chi connectivity index (χ1n) is 7.87. The molecule has 4 rings (SSSR count). The van der Waals surface area contributed by atoms with E-state index < -0.39 is 0 Å². The van der Waals surface area contributed by atoms with Crippen LogP contribution in [-0.2, 0) is 0 Å². The summed E-state index contributed by atoms with van der Waals surface area (Å²) in [6.07, 6.45) is 15.9. The standard InChI is InChI=1S/C18H26/c1-13-6-4-5-10-17-11-9-15-12-14(8-7-13)18(15,17)16(17,2)3/h4-5,7,14-15H,6,8-12H2,1-3H3/b5-4+,13-7-/t14?,15?,17-,18?/m1/s1. The molecule has 18 heavy (non-hydrogen) atoms. The van der Waals surface area contributed by atoms with Gasteiger partial charge < -0.3 is 0 Å². The zero-order chi connectivity index (χ0) is 12.6. The topological polar surface area (TPSA) is 0 Å². The van der Waals surface area contributed by atoms with Crippen LogP contribution in [0.2, 0.25) is 0 Å². The molecule has 0 N–H and O–H groups in total. The maximum Gasteiger partial charge on any atom is -0.0116 e. The van der Waals surface area contributed by atoms with Gasteiger partial charge in [0.1, 0.15) is 0 Å². The summed E-state index contributed by atoms with van der Waals surface area (Å²) in [6, 6.07) is 0. The van der Waals surface area contributed by atoms with Crippen molar-refractivity contribution in [3.8, 4) is 0 Å². The molecule has 0 heterocycles. The Labute approximate surface area is 112 Å². The summed E-state index contributed by atoms with van der Waals surface area (Å²) in [7, 11) is 0. The minimum absolute atomic E-state index is 0.613. The second-order valence-corrected chi connectivity index (χ2v) is 7.91. The largest absolute Gasteiger partial charge is 0.0876 e. The number of allylic oxidation sites excluding steroid dienone is 4. The van der Waals surface area contributed by atoms with Crippen LogP contribution in [0.15, 0.2) is 23.8 Å². The molecule has 0 aliphatic heterocycles. The van der Waals surface area contributed by atoms with E-state index in [1.165, 1.54) is 38.5 Å². The monoisotopic (exact) mass is 242 g/mol. The predicted octanol–water partition coefficient (Wildman–Crippen LogP) is 5.12. The molecule has 0 heteroatoms. The van der Waals surface area contributed by atoms with E-state index in [-0.39, 0.29) is 0 Å². The lowest BCUT2D eigenvalue weighted by Gasteiger charge is -2.47. The Bertz CT molecular complexity index is 453. The van der Waals surface area contributed by atoms with Gasteiger partial charge in [-0.1, -0.05) is 37.6 Å². The van der Waals surface area contributed by atoms with Crippen LogP contribution in [0.4, 0.5) is 0 Å². The Morgan fingerprint density at radius 1 is 1.17 bits per heavy atom. The summed E-state index contributed by atoms with van der Waals surface area (Å²) >= 11 is 0. The number of hydrogen-bond acceptors (Lipinski definition) is 0. The number of rotatable bonds is 0. The van der Waals surface area contributed by atoms with Crippen molar-refractivity contribution in [2.45, 2.75) is 59.3 Å². The van der Waals surface area contributed by atoms with E-state index in [4.69, 9.17) is 0 Å². The molecule has 3 unspecified atom stereocenters. The summed E-state index contributed by atoms with van der Waals surface area (Å²) in [5.74, 6) is 2.07. The Hall–Kier alpha value is -0.520. The molecule has 3 fully saturated rings. The molecule has 4 aliphatic carbocycles. The van der Waals surface area contributed by atoms with Crippen LogP contribution < -0.4 is 0 Å². The van der Waals surface area contributed by atoms with Crippen LogP contribution in [0.25, 0.3) is 0 Å². The van der Waals surface area contributed by atoms with Crippen LogP contribution in [0.5, 0.6) is 0 Å². The van der Waals surface area contributed by atoms with Crippen molar-refractivity contribution in [3.05, 3.63) is 23.8 Å². The molecule has 0 saturated heterocycles. The van der Waals surface area contributed by atoms with Crippen molar-refractivity contribution in [2.24, 2.45) is 28.1 Å². The summed E-state index contributed by atoms with van der Waals surface area (Å²) in [5.41, 5.74) is 3.61. The Morgan fingerprint density at radius 2 is 2.00 bits per heavy atom. The summed E-state index contributed by atoms with van der Waals surface area (Å²) in [5, 5.41) is 0. The second kappa shape index (κ2) is 3.14. The van der Waals surface area contributed by atoms with Gasteiger partial charge in [0, 0.05) is 0 Å². The van der Waals surface area contributed by atoms with E-state index in [2.05, 4.69) is 39.0 Å². The fourth-order valence-electron chi connectivity index (χ4n) is 6.90. The van der Waals surface area contributed by atoms with Gasteiger partial charge in [-0.2, -0.15) is 0 Å². The maximum atomic E-state index is 2.58. The highest BCUT2D eigenvalue weighted by Gasteiger charge is 2.90. The highest BCUT2D eigenvalue weighted by molar-refractivity contribution is 5.39. The van der Waals surface area contributed by atoms with Crippen molar-refractivity contribution < 1.29 is 0 Å². The zero-order valence-electron chi connectivity index (χ0n) is 12.1. The Kier molecular flexibility index (Phi) is 1.97. The fourth-order valence-corrected chi connectivity index (χ4v) is 6.90. The van der Waals surface area contributed by atoms with Crippen molar-refractivity contribution >= 4 is 0 Å². The molecule has 98 valence electrons. The third-order valence-electron chi connectivity index (χ3n) is 7.56. The van der Waals surface area contributed by atoms with E-state index in [1.807, 2.05) is 0 Å². The van der Waals surface area contributed by atoms with Gasteiger partial charge >= 0.3 is 0 Å². The molecular weight excluding hydrogens is 216 g/mol. The third kappa shape index (κ3) is 0.917. The fraction of sp³-hybridized carbons (Fsp3) is 0.778. The van der Waals surface area contributed by atoms with Crippen LogP contribution in [0.3, 0.4) is 0 Å². The molecule has 0 aromatic rings. The molecule has 0 amide bonds. The minimum atomic E-state index is 0.613. The van der Waals surface area contributed by atoms with Crippen LogP contribution in [0, 0.1) is 28.1 Å². The summed E-state index contributed by atoms with van der Waals surface area (Å²) in [4.78, 5) is 0. The van der Waals surface area contributed by atoms with Gasteiger partial charge in [0.25, 0.3) is 0 Å². The van der Waals surface area contributed by atoms with Gasteiger partial charge in [0.05, 0.1) is 0 Å². The van der Waals surface area contributed by atoms with E-state index >= 15 is 0 Å². The lowest BCUT2D eigenvalue weighted by molar-refractivity contribution is 0.0162. The Morgan fingerprint density at radius 3 is 2.83 bits per heavy atom. The average Bonchev–Trinajstić information content (AvgIpc) is 2.60. The quantitative estimate of drug-likeness (QED) is 0.517. The SMILES string of the molecule is C/C1=C/CC2CC3CC[C@]4(C/C=C/C1)C(C)(C)C234. The molecule has 3 saturated carbocycles. The zero-order valence-corrected chi connectivity index (χ0v) is 12.1. The Balaban J connectivity index is 1.77. The summed E-state index contributed by atoms with van der Waals surface area (Å²) < 4.78 is 0. The first-order chi connectivity index (χ1) is 8.56. The molecule has 0 nitrogen and oxygen atoms in total. The van der Waals surface area contributed by atoms with Gasteiger partial charge in [-0.3, -0.25) is 0 Å². The van der Waals surface area contributed by atoms with Gasteiger partial charge in [0.2, 0.25) is 0 Å². The molecule has 0 bridgehead atoms. The maximum absolute atomic E-state index is 2.58.